The minimum Gasteiger partial charge on any atom is -0.494 e. The van der Waals surface area contributed by atoms with Crippen molar-refractivity contribution in [2.75, 3.05) is 56.9 Å². The van der Waals surface area contributed by atoms with E-state index in [1.165, 1.54) is 12.4 Å². The molecule has 186 valence electrons. The van der Waals surface area contributed by atoms with Gasteiger partial charge < -0.3 is 25.2 Å². The number of amides is 1. The van der Waals surface area contributed by atoms with Crippen LogP contribution in [0.5, 0.6) is 5.75 Å². The summed E-state index contributed by atoms with van der Waals surface area (Å²) < 4.78 is 7.45. The second-order valence-electron chi connectivity index (χ2n) is 8.33. The highest BCUT2D eigenvalue weighted by Gasteiger charge is 2.17. The first-order chi connectivity index (χ1) is 17.4. The van der Waals surface area contributed by atoms with Crippen LogP contribution < -0.4 is 20.3 Å². The summed E-state index contributed by atoms with van der Waals surface area (Å²) in [6, 6.07) is 11.4. The van der Waals surface area contributed by atoms with Crippen molar-refractivity contribution < 1.29 is 9.53 Å². The second-order valence-corrected chi connectivity index (χ2v) is 8.33. The molecule has 2 heterocycles. The van der Waals surface area contributed by atoms with Gasteiger partial charge in [-0.25, -0.2) is 15.0 Å². The largest absolute Gasteiger partial charge is 0.494 e. The number of likely N-dealkylation sites (N-methyl/N-ethyl adjacent to an activating group) is 2. The van der Waals surface area contributed by atoms with Crippen molar-refractivity contribution in [2.45, 2.75) is 0 Å². The second kappa shape index (κ2) is 10.8. The smallest absolute Gasteiger partial charge is 0.247 e. The lowest BCUT2D eigenvalue weighted by atomic mass is 10.2. The summed E-state index contributed by atoms with van der Waals surface area (Å²) in [7, 11) is 7.57. The summed E-state index contributed by atoms with van der Waals surface area (Å²) in [6.45, 7) is 5.15. The van der Waals surface area contributed by atoms with Gasteiger partial charge in [-0.1, -0.05) is 18.7 Å². The predicted octanol–water partition coefficient (Wildman–Crippen LogP) is 3.09. The van der Waals surface area contributed by atoms with E-state index in [0.717, 1.165) is 29.8 Å². The molecule has 11 nitrogen and oxygen atoms in total. The van der Waals surface area contributed by atoms with Gasteiger partial charge in [0.25, 0.3) is 0 Å². The van der Waals surface area contributed by atoms with E-state index >= 15 is 0 Å². The molecule has 0 aliphatic rings. The first-order valence-corrected chi connectivity index (χ1v) is 11.3. The van der Waals surface area contributed by atoms with Crippen molar-refractivity contribution in [1.29, 1.82) is 0 Å². The number of anilines is 4. The third-order valence-electron chi connectivity index (χ3n) is 5.53. The number of methoxy groups -OCH3 is 1. The van der Waals surface area contributed by atoms with Crippen LogP contribution in [0.15, 0.2) is 61.7 Å². The molecule has 0 fully saturated rings. The molecule has 0 unspecified atom stereocenters. The van der Waals surface area contributed by atoms with Gasteiger partial charge in [0.15, 0.2) is 0 Å². The average molecular weight is 488 g/mol. The number of rotatable bonds is 10. The van der Waals surface area contributed by atoms with Crippen LogP contribution in [0.1, 0.15) is 0 Å². The van der Waals surface area contributed by atoms with Gasteiger partial charge in [-0.15, -0.1) is 0 Å². The number of carbonyl (C=O) groups excluding carboxylic acids is 1. The first kappa shape index (κ1) is 24.6. The van der Waals surface area contributed by atoms with Crippen molar-refractivity contribution >= 4 is 40.0 Å². The lowest BCUT2D eigenvalue weighted by molar-refractivity contribution is -0.111. The summed E-state index contributed by atoms with van der Waals surface area (Å²) in [5.41, 5.74) is 3.70. The van der Waals surface area contributed by atoms with Crippen LogP contribution in [-0.2, 0) is 4.79 Å². The van der Waals surface area contributed by atoms with Gasteiger partial charge in [-0.2, -0.15) is 4.98 Å². The van der Waals surface area contributed by atoms with Crippen molar-refractivity contribution in [3.63, 3.8) is 0 Å². The molecular weight excluding hydrogens is 458 g/mol. The Morgan fingerprint density at radius 1 is 1.11 bits per heavy atom. The highest BCUT2D eigenvalue weighted by molar-refractivity contribution is 6.02. The van der Waals surface area contributed by atoms with E-state index in [9.17, 15) is 4.79 Å². The number of hydrogen-bond acceptors (Lipinski definition) is 9. The van der Waals surface area contributed by atoms with E-state index < -0.39 is 0 Å². The molecule has 36 heavy (non-hydrogen) atoms. The molecule has 4 aromatic rings. The van der Waals surface area contributed by atoms with E-state index in [-0.39, 0.29) is 5.91 Å². The van der Waals surface area contributed by atoms with E-state index in [0.29, 0.717) is 29.0 Å². The van der Waals surface area contributed by atoms with Crippen molar-refractivity contribution in [3.05, 3.63) is 61.7 Å². The lowest BCUT2D eigenvalue weighted by Crippen LogP contribution is -2.29. The van der Waals surface area contributed by atoms with Crippen molar-refractivity contribution in [3.8, 4) is 11.7 Å². The van der Waals surface area contributed by atoms with Crippen LogP contribution >= 0.6 is 0 Å². The Hall–Kier alpha value is -4.51. The zero-order valence-electron chi connectivity index (χ0n) is 20.8. The molecule has 2 N–H and O–H groups in total. The molecular formula is C25H29N9O2. The normalized spacial score (nSPS) is 10.9. The zero-order valence-corrected chi connectivity index (χ0v) is 20.8. The summed E-state index contributed by atoms with van der Waals surface area (Å²) in [5.74, 6) is 0.974. The van der Waals surface area contributed by atoms with Gasteiger partial charge in [-0.05, 0) is 38.4 Å². The maximum Gasteiger partial charge on any atom is 0.247 e. The van der Waals surface area contributed by atoms with Crippen LogP contribution in [0.3, 0.4) is 0 Å². The first-order valence-electron chi connectivity index (χ1n) is 11.3. The molecule has 11 heteroatoms. The predicted molar refractivity (Wildman–Crippen MR) is 141 cm³/mol. The van der Waals surface area contributed by atoms with Crippen LogP contribution in [0, 0.1) is 0 Å². The Kier molecular flexibility index (Phi) is 7.40. The van der Waals surface area contributed by atoms with Gasteiger partial charge in [0.05, 0.1) is 35.2 Å². The highest BCUT2D eigenvalue weighted by Crippen LogP contribution is 2.37. The number of nitrogens with zero attached hydrogens (tertiary/aromatic N) is 7. The van der Waals surface area contributed by atoms with E-state index in [2.05, 4.69) is 46.9 Å². The number of imidazole rings is 1. The number of para-hydroxylation sites is 2. The Balaban J connectivity index is 1.69. The molecule has 2 aromatic carbocycles. The Labute approximate surface area is 209 Å². The fourth-order valence-corrected chi connectivity index (χ4v) is 3.61. The molecule has 0 saturated carbocycles. The number of benzene rings is 2. The fraction of sp³-hybridized carbons (Fsp3) is 0.240. The molecule has 4 rings (SSSR count). The molecule has 1 amide bonds. The Morgan fingerprint density at radius 2 is 1.92 bits per heavy atom. The number of nitrogens with one attached hydrogen (secondary N) is 2. The number of carbonyl (C=O) groups is 1. The minimum atomic E-state index is -0.317. The standard InChI is InChI=1S/C25H29N9O2/c1-6-23(35)29-18-13-19(22(36-5)14-21(18)33(4)12-11-32(2)3)30-24-26-15-27-25(31-24)34-16-28-17-9-7-8-10-20(17)34/h6-10,13-16H,1,11-12H2,2-5H3,(H,29,35)(H,26,27,30,31). The van der Waals surface area contributed by atoms with Gasteiger partial charge in [0.1, 0.15) is 18.4 Å². The molecule has 0 spiro atoms. The third kappa shape index (κ3) is 5.41. The number of ether oxygens (including phenoxy) is 1. The zero-order chi connectivity index (χ0) is 25.7. The molecule has 2 aromatic heterocycles. The summed E-state index contributed by atoms with van der Waals surface area (Å²) in [5, 5.41) is 6.08. The van der Waals surface area contributed by atoms with Crippen LogP contribution in [-0.4, -0.2) is 76.7 Å². The summed E-state index contributed by atoms with van der Waals surface area (Å²) in [6.07, 6.45) is 4.33. The molecule has 0 aliphatic heterocycles. The quantitative estimate of drug-likeness (QED) is 0.326. The average Bonchev–Trinajstić information content (AvgIpc) is 3.32. The maximum absolute atomic E-state index is 12.2. The molecule has 0 atom stereocenters. The van der Waals surface area contributed by atoms with Crippen LogP contribution in [0.2, 0.25) is 0 Å². The number of aromatic nitrogens is 5. The fourth-order valence-electron chi connectivity index (χ4n) is 3.61. The SMILES string of the molecule is C=CC(=O)Nc1cc(Nc2ncnc(-n3cnc4ccccc43)n2)c(OC)cc1N(C)CCN(C)C. The molecule has 0 saturated heterocycles. The third-order valence-corrected chi connectivity index (χ3v) is 5.53. The van der Waals surface area contributed by atoms with E-state index in [4.69, 9.17) is 4.74 Å². The molecule has 0 bridgehead atoms. The number of fused-ring (bicyclic) bond motifs is 1. The Bertz CT molecular complexity index is 1380. The lowest BCUT2D eigenvalue weighted by Gasteiger charge is -2.25. The molecule has 0 aliphatic carbocycles. The van der Waals surface area contributed by atoms with E-state index in [1.807, 2.05) is 51.5 Å². The summed E-state index contributed by atoms with van der Waals surface area (Å²) >= 11 is 0. The Morgan fingerprint density at radius 3 is 2.67 bits per heavy atom. The van der Waals surface area contributed by atoms with Crippen LogP contribution in [0.25, 0.3) is 17.0 Å². The van der Waals surface area contributed by atoms with Gasteiger partial charge in [0.2, 0.25) is 17.8 Å². The molecule has 0 radical (unpaired) electrons. The van der Waals surface area contributed by atoms with Crippen molar-refractivity contribution in [2.24, 2.45) is 0 Å². The van der Waals surface area contributed by atoms with Gasteiger partial charge >= 0.3 is 0 Å². The van der Waals surface area contributed by atoms with E-state index in [1.54, 1.807) is 24.1 Å². The van der Waals surface area contributed by atoms with Gasteiger partial charge in [0, 0.05) is 26.2 Å². The monoisotopic (exact) mass is 487 g/mol. The summed E-state index contributed by atoms with van der Waals surface area (Å²) in [4.78, 5) is 33.9. The minimum absolute atomic E-state index is 0.311. The maximum atomic E-state index is 12.2. The van der Waals surface area contributed by atoms with Crippen molar-refractivity contribution in [1.82, 2.24) is 29.4 Å². The van der Waals surface area contributed by atoms with Gasteiger partial charge in [-0.3, -0.25) is 9.36 Å². The topological polar surface area (TPSA) is 113 Å². The number of hydrogen-bond donors (Lipinski definition) is 2. The highest BCUT2D eigenvalue weighted by atomic mass is 16.5. The van der Waals surface area contributed by atoms with Crippen LogP contribution in [0.4, 0.5) is 23.0 Å².